The highest BCUT2D eigenvalue weighted by molar-refractivity contribution is 5.91. The summed E-state index contributed by atoms with van der Waals surface area (Å²) >= 11 is 0. The van der Waals surface area contributed by atoms with Gasteiger partial charge in [0.1, 0.15) is 24.5 Å². The zero-order valence-corrected chi connectivity index (χ0v) is 22.3. The number of para-hydroxylation sites is 1. The van der Waals surface area contributed by atoms with Crippen LogP contribution in [0.15, 0.2) is 60.7 Å². The van der Waals surface area contributed by atoms with Crippen molar-refractivity contribution in [3.05, 3.63) is 66.2 Å². The van der Waals surface area contributed by atoms with E-state index in [1.165, 1.54) is 6.42 Å². The molecule has 7 nitrogen and oxygen atoms in total. The lowest BCUT2D eigenvalue weighted by molar-refractivity contribution is -0.148. The fourth-order valence-corrected chi connectivity index (χ4v) is 6.39. The van der Waals surface area contributed by atoms with E-state index < -0.39 is 12.1 Å². The monoisotopic (exact) mass is 519 g/mol. The molecule has 3 aliphatic heterocycles. The van der Waals surface area contributed by atoms with Gasteiger partial charge in [-0.05, 0) is 75.7 Å². The van der Waals surface area contributed by atoms with Gasteiger partial charge in [-0.25, -0.2) is 0 Å². The maximum Gasteiger partial charge on any atom is 0.245 e. The highest BCUT2D eigenvalue weighted by Crippen LogP contribution is 2.29. The van der Waals surface area contributed by atoms with Crippen molar-refractivity contribution in [2.75, 3.05) is 32.8 Å². The van der Waals surface area contributed by atoms with Crippen LogP contribution < -0.4 is 4.74 Å². The first-order valence-electron chi connectivity index (χ1n) is 14.4. The van der Waals surface area contributed by atoms with E-state index in [2.05, 4.69) is 17.0 Å². The average molecular weight is 520 g/mol. The molecule has 0 radical (unpaired) electrons. The van der Waals surface area contributed by atoms with Gasteiger partial charge in [0, 0.05) is 13.1 Å². The molecule has 0 aromatic heterocycles. The van der Waals surface area contributed by atoms with E-state index >= 15 is 0 Å². The molecule has 1 N–H and O–H groups in total. The molecule has 3 aliphatic rings. The normalized spacial score (nSPS) is 23.8. The molecule has 3 fully saturated rings. The van der Waals surface area contributed by atoms with E-state index in [0.717, 1.165) is 50.8 Å². The number of aliphatic hydroxyl groups excluding tert-OH is 1. The van der Waals surface area contributed by atoms with Crippen LogP contribution in [0.2, 0.25) is 0 Å². The molecule has 204 valence electrons. The molecular weight excluding hydrogens is 478 g/mol. The van der Waals surface area contributed by atoms with Gasteiger partial charge in [-0.2, -0.15) is 0 Å². The smallest absolute Gasteiger partial charge is 0.245 e. The van der Waals surface area contributed by atoms with Crippen molar-refractivity contribution in [3.63, 3.8) is 0 Å². The van der Waals surface area contributed by atoms with Crippen LogP contribution in [0.5, 0.6) is 5.75 Å². The molecule has 0 aliphatic carbocycles. The SMILES string of the molecule is O=C(C(Cc1ccccc1)N1CCCCC1)N1CCC[C@H]1C(=O)N1CCC[C@H]1C(O)COc1ccccc1. The quantitative estimate of drug-likeness (QED) is 0.549. The first kappa shape index (κ1) is 26.7. The van der Waals surface area contributed by atoms with Crippen molar-refractivity contribution in [1.29, 1.82) is 0 Å². The topological polar surface area (TPSA) is 73.3 Å². The third kappa shape index (κ3) is 6.21. The van der Waals surface area contributed by atoms with Crippen molar-refractivity contribution in [3.8, 4) is 5.75 Å². The van der Waals surface area contributed by atoms with Crippen molar-refractivity contribution in [2.24, 2.45) is 0 Å². The Bertz CT molecular complexity index is 1040. The van der Waals surface area contributed by atoms with Gasteiger partial charge in [-0.1, -0.05) is 55.0 Å². The first-order valence-corrected chi connectivity index (χ1v) is 14.4. The Labute approximate surface area is 226 Å². The van der Waals surface area contributed by atoms with Crippen LogP contribution in [-0.2, 0) is 16.0 Å². The fraction of sp³-hybridized carbons (Fsp3) is 0.548. The molecular formula is C31H41N3O4. The number of hydrogen-bond acceptors (Lipinski definition) is 5. The number of nitrogens with zero attached hydrogens (tertiary/aromatic N) is 3. The minimum absolute atomic E-state index is 0.0192. The summed E-state index contributed by atoms with van der Waals surface area (Å²) in [5, 5.41) is 11.0. The number of amides is 2. The van der Waals surface area contributed by atoms with Crippen LogP contribution in [0.3, 0.4) is 0 Å². The van der Waals surface area contributed by atoms with Gasteiger partial charge >= 0.3 is 0 Å². The molecule has 3 saturated heterocycles. The molecule has 2 unspecified atom stereocenters. The van der Waals surface area contributed by atoms with Gasteiger partial charge in [0.25, 0.3) is 0 Å². The Kier molecular flexibility index (Phi) is 8.97. The molecule has 38 heavy (non-hydrogen) atoms. The number of carbonyl (C=O) groups excluding carboxylic acids is 2. The number of carbonyl (C=O) groups is 2. The summed E-state index contributed by atoms with van der Waals surface area (Å²) in [5.41, 5.74) is 1.15. The van der Waals surface area contributed by atoms with E-state index in [9.17, 15) is 14.7 Å². The molecule has 5 rings (SSSR count). The molecule has 3 heterocycles. The molecule has 0 bridgehead atoms. The number of hydrogen-bond donors (Lipinski definition) is 1. The van der Waals surface area contributed by atoms with Crippen LogP contribution in [0.4, 0.5) is 0 Å². The van der Waals surface area contributed by atoms with Crippen molar-refractivity contribution < 1.29 is 19.4 Å². The van der Waals surface area contributed by atoms with Crippen LogP contribution >= 0.6 is 0 Å². The Morgan fingerprint density at radius 3 is 2.21 bits per heavy atom. The summed E-state index contributed by atoms with van der Waals surface area (Å²) in [6.07, 6.45) is 6.44. The summed E-state index contributed by atoms with van der Waals surface area (Å²) in [6.45, 7) is 3.23. The summed E-state index contributed by atoms with van der Waals surface area (Å²) in [6, 6.07) is 18.7. The molecule has 7 heteroatoms. The lowest BCUT2D eigenvalue weighted by Gasteiger charge is -2.38. The number of benzene rings is 2. The van der Waals surface area contributed by atoms with Crippen molar-refractivity contribution >= 4 is 11.8 Å². The minimum Gasteiger partial charge on any atom is -0.491 e. The number of piperidine rings is 1. The number of rotatable bonds is 9. The highest BCUT2D eigenvalue weighted by Gasteiger charge is 2.44. The van der Waals surface area contributed by atoms with Crippen LogP contribution in [0, 0.1) is 0 Å². The average Bonchev–Trinajstić information content (AvgIpc) is 3.66. The van der Waals surface area contributed by atoms with Gasteiger partial charge < -0.3 is 19.6 Å². The van der Waals surface area contributed by atoms with E-state index in [4.69, 9.17) is 4.74 Å². The maximum atomic E-state index is 14.1. The van der Waals surface area contributed by atoms with Crippen LogP contribution in [0.25, 0.3) is 0 Å². The van der Waals surface area contributed by atoms with Gasteiger partial charge in [0.05, 0.1) is 12.1 Å². The molecule has 2 aromatic rings. The van der Waals surface area contributed by atoms with Crippen LogP contribution in [0.1, 0.15) is 50.5 Å². The number of likely N-dealkylation sites (tertiary alicyclic amines) is 3. The summed E-state index contributed by atoms with van der Waals surface area (Å²) in [5.74, 6) is 0.765. The Morgan fingerprint density at radius 2 is 1.47 bits per heavy atom. The van der Waals surface area contributed by atoms with Crippen molar-refractivity contribution in [1.82, 2.24) is 14.7 Å². The van der Waals surface area contributed by atoms with Crippen LogP contribution in [-0.4, -0.2) is 88.6 Å². The maximum absolute atomic E-state index is 14.1. The summed E-state index contributed by atoms with van der Waals surface area (Å²) < 4.78 is 5.79. The van der Waals surface area contributed by atoms with E-state index in [1.807, 2.05) is 58.3 Å². The predicted molar refractivity (Wildman–Crippen MR) is 147 cm³/mol. The van der Waals surface area contributed by atoms with Crippen molar-refractivity contribution in [2.45, 2.75) is 75.6 Å². The van der Waals surface area contributed by atoms with E-state index in [-0.39, 0.29) is 30.5 Å². The second-order valence-corrected chi connectivity index (χ2v) is 10.9. The number of ether oxygens (including phenoxy) is 1. The zero-order chi connectivity index (χ0) is 26.3. The number of aliphatic hydroxyl groups is 1. The van der Waals surface area contributed by atoms with Gasteiger partial charge in [-0.3, -0.25) is 14.5 Å². The highest BCUT2D eigenvalue weighted by atomic mass is 16.5. The largest absolute Gasteiger partial charge is 0.491 e. The summed E-state index contributed by atoms with van der Waals surface area (Å²) in [7, 11) is 0. The molecule has 0 spiro atoms. The Balaban J connectivity index is 1.27. The second kappa shape index (κ2) is 12.8. The first-order chi connectivity index (χ1) is 18.6. The molecule has 4 atom stereocenters. The predicted octanol–water partition coefficient (Wildman–Crippen LogP) is 3.51. The van der Waals surface area contributed by atoms with Gasteiger partial charge in [0.15, 0.2) is 0 Å². The lowest BCUT2D eigenvalue weighted by Crippen LogP contribution is -2.57. The standard InChI is InChI=1S/C31H41N3O4/c35-29(23-38-25-14-6-2-7-15-25)26-16-10-20-33(26)30(36)27-17-11-21-34(27)31(37)28(32-18-8-3-9-19-32)22-24-12-4-1-5-13-24/h1-2,4-7,12-15,26-29,35H,3,8-11,16-23H2/t26-,27-,28?,29?/m0/s1. The third-order valence-corrected chi connectivity index (χ3v) is 8.40. The molecule has 2 aromatic carbocycles. The fourth-order valence-electron chi connectivity index (χ4n) is 6.39. The Hall–Kier alpha value is -2.90. The van der Waals surface area contributed by atoms with E-state index in [1.54, 1.807) is 0 Å². The second-order valence-electron chi connectivity index (χ2n) is 10.9. The zero-order valence-electron chi connectivity index (χ0n) is 22.3. The summed E-state index contributed by atoms with van der Waals surface area (Å²) in [4.78, 5) is 34.0. The van der Waals surface area contributed by atoms with E-state index in [0.29, 0.717) is 31.7 Å². The lowest BCUT2D eigenvalue weighted by atomic mass is 9.99. The van der Waals surface area contributed by atoms with Gasteiger partial charge in [-0.15, -0.1) is 0 Å². The molecule has 2 amide bonds. The molecule has 0 saturated carbocycles. The Morgan fingerprint density at radius 1 is 0.816 bits per heavy atom. The van der Waals surface area contributed by atoms with Gasteiger partial charge in [0.2, 0.25) is 11.8 Å². The minimum atomic E-state index is -0.772. The third-order valence-electron chi connectivity index (χ3n) is 8.40.